The second-order valence-electron chi connectivity index (χ2n) is 5.14. The predicted octanol–water partition coefficient (Wildman–Crippen LogP) is 2.74. The van der Waals surface area contributed by atoms with Crippen LogP contribution in [0.1, 0.15) is 45.1 Å². The van der Waals surface area contributed by atoms with Crippen molar-refractivity contribution in [2.24, 2.45) is 0 Å². The zero-order chi connectivity index (χ0) is 14.4. The topological polar surface area (TPSA) is 64.8 Å². The fourth-order valence-electron chi connectivity index (χ4n) is 2.47. The van der Waals surface area contributed by atoms with Crippen LogP contribution in [0.3, 0.4) is 0 Å². The Morgan fingerprint density at radius 1 is 1.40 bits per heavy atom. The number of nitrogens with one attached hydrogen (secondary N) is 1. The highest BCUT2D eigenvalue weighted by Crippen LogP contribution is 2.34. The number of nitrogens with zero attached hydrogens (tertiary/aromatic N) is 4. The molecule has 1 N–H and O–H groups in total. The van der Waals surface area contributed by atoms with Gasteiger partial charge in [-0.2, -0.15) is 5.26 Å². The summed E-state index contributed by atoms with van der Waals surface area (Å²) in [7, 11) is 0. The fourth-order valence-corrected chi connectivity index (χ4v) is 2.47. The molecule has 0 bridgehead atoms. The molecule has 1 aromatic rings. The zero-order valence-electron chi connectivity index (χ0n) is 12.4. The van der Waals surface area contributed by atoms with Crippen molar-refractivity contribution in [3.05, 3.63) is 11.9 Å². The van der Waals surface area contributed by atoms with Gasteiger partial charge >= 0.3 is 0 Å². The lowest BCUT2D eigenvalue weighted by Gasteiger charge is -2.25. The molecule has 2 rings (SSSR count). The highest BCUT2D eigenvalue weighted by molar-refractivity contribution is 5.60. The Hall–Kier alpha value is -1.83. The van der Waals surface area contributed by atoms with Gasteiger partial charge in [0.25, 0.3) is 0 Å². The van der Waals surface area contributed by atoms with Gasteiger partial charge in [-0.25, -0.2) is 9.97 Å². The second-order valence-corrected chi connectivity index (χ2v) is 5.14. The first-order valence-electron chi connectivity index (χ1n) is 7.53. The van der Waals surface area contributed by atoms with Gasteiger partial charge in [0.05, 0.1) is 12.5 Å². The zero-order valence-corrected chi connectivity index (χ0v) is 12.4. The van der Waals surface area contributed by atoms with Gasteiger partial charge in [-0.1, -0.05) is 13.3 Å². The third-order valence-electron chi connectivity index (χ3n) is 3.49. The van der Waals surface area contributed by atoms with E-state index in [0.717, 1.165) is 37.6 Å². The summed E-state index contributed by atoms with van der Waals surface area (Å²) in [4.78, 5) is 11.2. The van der Waals surface area contributed by atoms with E-state index in [-0.39, 0.29) is 0 Å². The first-order valence-corrected chi connectivity index (χ1v) is 7.53. The molecule has 5 heteroatoms. The molecule has 1 aliphatic rings. The highest BCUT2D eigenvalue weighted by atomic mass is 15.2. The van der Waals surface area contributed by atoms with Crippen molar-refractivity contribution in [1.82, 2.24) is 9.97 Å². The van der Waals surface area contributed by atoms with Crippen molar-refractivity contribution in [1.29, 1.82) is 5.26 Å². The molecule has 108 valence electrons. The van der Waals surface area contributed by atoms with E-state index in [1.54, 1.807) is 6.33 Å². The van der Waals surface area contributed by atoms with Crippen molar-refractivity contribution >= 4 is 11.6 Å². The summed E-state index contributed by atoms with van der Waals surface area (Å²) < 4.78 is 0. The van der Waals surface area contributed by atoms with Crippen molar-refractivity contribution in [2.45, 2.75) is 52.0 Å². The minimum absolute atomic E-state index is 0.544. The lowest BCUT2D eigenvalue weighted by Crippen LogP contribution is -2.29. The van der Waals surface area contributed by atoms with E-state index in [1.807, 2.05) is 0 Å². The van der Waals surface area contributed by atoms with Crippen LogP contribution in [0.4, 0.5) is 11.6 Å². The molecule has 20 heavy (non-hydrogen) atoms. The fraction of sp³-hybridized carbons (Fsp3) is 0.667. The molecule has 1 fully saturated rings. The maximum Gasteiger partial charge on any atom is 0.137 e. The molecule has 0 unspecified atom stereocenters. The molecule has 0 spiro atoms. The van der Waals surface area contributed by atoms with Gasteiger partial charge in [0.1, 0.15) is 18.0 Å². The first-order chi connectivity index (χ1) is 9.81. The van der Waals surface area contributed by atoms with Gasteiger partial charge in [-0.05, 0) is 26.2 Å². The number of hydrogen-bond acceptors (Lipinski definition) is 5. The van der Waals surface area contributed by atoms with E-state index in [0.29, 0.717) is 12.5 Å². The number of hydrogen-bond donors (Lipinski definition) is 1. The van der Waals surface area contributed by atoms with Crippen LogP contribution >= 0.6 is 0 Å². The normalized spacial score (nSPS) is 13.8. The van der Waals surface area contributed by atoms with Gasteiger partial charge in [0, 0.05) is 24.7 Å². The molecule has 1 saturated carbocycles. The summed E-state index contributed by atoms with van der Waals surface area (Å²) in [6.45, 7) is 5.87. The molecule has 1 heterocycles. The number of aromatic nitrogens is 2. The first kappa shape index (κ1) is 14.6. The predicted molar refractivity (Wildman–Crippen MR) is 80.8 cm³/mol. The molecule has 0 aliphatic heterocycles. The Morgan fingerprint density at radius 3 is 2.80 bits per heavy atom. The summed E-state index contributed by atoms with van der Waals surface area (Å²) in [5.41, 5.74) is 1.20. The van der Waals surface area contributed by atoms with Crippen molar-refractivity contribution in [3.63, 3.8) is 0 Å². The number of nitriles is 1. The molecule has 1 aliphatic carbocycles. The SMILES string of the molecule is CCCc1c(NCC)ncnc1N(CCC#N)C1CC1. The van der Waals surface area contributed by atoms with Crippen LogP contribution in [0.5, 0.6) is 0 Å². The molecular weight excluding hydrogens is 250 g/mol. The monoisotopic (exact) mass is 273 g/mol. The molecular formula is C15H23N5. The smallest absolute Gasteiger partial charge is 0.137 e. The van der Waals surface area contributed by atoms with Crippen LogP contribution in [0.2, 0.25) is 0 Å². The number of rotatable bonds is 8. The number of anilines is 2. The van der Waals surface area contributed by atoms with E-state index in [9.17, 15) is 0 Å². The lowest BCUT2D eigenvalue weighted by molar-refractivity contribution is 0.760. The van der Waals surface area contributed by atoms with Gasteiger partial charge in [0.15, 0.2) is 0 Å². The van der Waals surface area contributed by atoms with Gasteiger partial charge in [-0.3, -0.25) is 0 Å². The third-order valence-corrected chi connectivity index (χ3v) is 3.49. The largest absolute Gasteiger partial charge is 0.370 e. The van der Waals surface area contributed by atoms with Gasteiger partial charge in [-0.15, -0.1) is 0 Å². The maximum atomic E-state index is 8.85. The van der Waals surface area contributed by atoms with Crippen LogP contribution in [0, 0.1) is 11.3 Å². The summed E-state index contributed by atoms with van der Waals surface area (Å²) in [6.07, 6.45) is 6.62. The van der Waals surface area contributed by atoms with Crippen molar-refractivity contribution in [2.75, 3.05) is 23.3 Å². The van der Waals surface area contributed by atoms with Crippen molar-refractivity contribution < 1.29 is 0 Å². The summed E-state index contributed by atoms with van der Waals surface area (Å²) >= 11 is 0. The molecule has 0 aromatic carbocycles. The van der Waals surface area contributed by atoms with E-state index < -0.39 is 0 Å². The minimum atomic E-state index is 0.544. The standard InChI is InChI=1S/C15H23N5/c1-3-6-13-14(17-4-2)18-11-19-15(13)20(10-5-9-16)12-7-8-12/h11-12H,3-8,10H2,1-2H3,(H,17,18,19). The Labute approximate surface area is 121 Å². The van der Waals surface area contributed by atoms with Crippen LogP contribution in [0.15, 0.2) is 6.33 Å². The Morgan fingerprint density at radius 2 is 2.20 bits per heavy atom. The van der Waals surface area contributed by atoms with E-state index in [1.165, 1.54) is 18.4 Å². The third kappa shape index (κ3) is 3.38. The summed E-state index contributed by atoms with van der Waals surface area (Å²) in [5, 5.41) is 12.2. The average molecular weight is 273 g/mol. The van der Waals surface area contributed by atoms with Crippen LogP contribution < -0.4 is 10.2 Å². The maximum absolute atomic E-state index is 8.85. The van der Waals surface area contributed by atoms with E-state index in [2.05, 4.69) is 40.1 Å². The molecule has 1 aromatic heterocycles. The molecule has 0 radical (unpaired) electrons. The lowest BCUT2D eigenvalue weighted by atomic mass is 10.1. The molecule has 0 atom stereocenters. The van der Waals surface area contributed by atoms with Crippen molar-refractivity contribution in [3.8, 4) is 6.07 Å². The Kier molecular flexibility index (Phi) is 5.16. The quantitative estimate of drug-likeness (QED) is 0.789. The molecule has 0 saturated heterocycles. The van der Waals surface area contributed by atoms with E-state index >= 15 is 0 Å². The Bertz CT molecular complexity index is 476. The average Bonchev–Trinajstić information content (AvgIpc) is 3.27. The van der Waals surface area contributed by atoms with Gasteiger partial charge < -0.3 is 10.2 Å². The molecule has 0 amide bonds. The van der Waals surface area contributed by atoms with Crippen LogP contribution in [-0.2, 0) is 6.42 Å². The van der Waals surface area contributed by atoms with Gasteiger partial charge in [0.2, 0.25) is 0 Å². The van der Waals surface area contributed by atoms with Crippen LogP contribution in [0.25, 0.3) is 0 Å². The summed E-state index contributed by atoms with van der Waals surface area (Å²) in [6, 6.07) is 2.80. The minimum Gasteiger partial charge on any atom is -0.370 e. The van der Waals surface area contributed by atoms with E-state index in [4.69, 9.17) is 5.26 Å². The molecule has 5 nitrogen and oxygen atoms in total. The highest BCUT2D eigenvalue weighted by Gasteiger charge is 2.31. The Balaban J connectivity index is 2.31. The second kappa shape index (κ2) is 7.09. The summed E-state index contributed by atoms with van der Waals surface area (Å²) in [5.74, 6) is 1.97. The van der Waals surface area contributed by atoms with Crippen LogP contribution in [-0.4, -0.2) is 29.1 Å².